The fraction of sp³-hybridized carbons (Fsp3) is 0.909. The number of carbonyl (C=O) groups excluding carboxylic acids is 1. The first-order chi connectivity index (χ1) is 7.70. The lowest BCUT2D eigenvalue weighted by atomic mass is 10.0. The van der Waals surface area contributed by atoms with Crippen LogP contribution in [0.2, 0.25) is 0 Å². The van der Waals surface area contributed by atoms with E-state index in [9.17, 15) is 9.90 Å². The molecule has 16 heavy (non-hydrogen) atoms. The van der Waals surface area contributed by atoms with Gasteiger partial charge in [0.2, 0.25) is 5.91 Å². The first kappa shape index (κ1) is 12.2. The van der Waals surface area contributed by atoms with E-state index in [0.29, 0.717) is 26.2 Å². The van der Waals surface area contributed by atoms with Gasteiger partial charge in [-0.3, -0.25) is 4.79 Å². The maximum absolute atomic E-state index is 11.8. The van der Waals surface area contributed by atoms with Crippen molar-refractivity contribution in [1.29, 1.82) is 0 Å². The molecule has 2 atom stereocenters. The Balaban J connectivity index is 1.74. The molecule has 5 heteroatoms. The summed E-state index contributed by atoms with van der Waals surface area (Å²) in [5, 5.41) is 12.9. The summed E-state index contributed by atoms with van der Waals surface area (Å²) in [7, 11) is 0. The van der Waals surface area contributed by atoms with Gasteiger partial charge in [-0.1, -0.05) is 6.42 Å². The van der Waals surface area contributed by atoms with Crippen LogP contribution in [0.4, 0.5) is 0 Å². The van der Waals surface area contributed by atoms with E-state index in [4.69, 9.17) is 4.74 Å². The van der Waals surface area contributed by atoms with Gasteiger partial charge in [0.1, 0.15) is 5.60 Å². The molecule has 2 rings (SSSR count). The molecule has 2 fully saturated rings. The van der Waals surface area contributed by atoms with E-state index in [1.807, 2.05) is 0 Å². The summed E-state index contributed by atoms with van der Waals surface area (Å²) < 4.78 is 5.13. The van der Waals surface area contributed by atoms with Gasteiger partial charge in [0.15, 0.2) is 0 Å². The summed E-state index contributed by atoms with van der Waals surface area (Å²) >= 11 is 1.73. The zero-order chi connectivity index (χ0) is 11.4. The van der Waals surface area contributed by atoms with E-state index in [-0.39, 0.29) is 11.2 Å². The highest BCUT2D eigenvalue weighted by atomic mass is 32.2. The largest absolute Gasteiger partial charge is 0.386 e. The molecule has 4 nitrogen and oxygen atoms in total. The van der Waals surface area contributed by atoms with E-state index in [2.05, 4.69) is 5.32 Å². The molecular weight excluding hydrogens is 226 g/mol. The third kappa shape index (κ3) is 3.12. The zero-order valence-electron chi connectivity index (χ0n) is 9.41. The summed E-state index contributed by atoms with van der Waals surface area (Å²) in [5.74, 6) is 1.15. The molecule has 0 bridgehead atoms. The molecule has 2 N–H and O–H groups in total. The molecule has 0 saturated carbocycles. The number of nitrogens with one attached hydrogen (secondary N) is 1. The second kappa shape index (κ2) is 5.38. The third-order valence-electron chi connectivity index (χ3n) is 3.15. The normalized spacial score (nSPS) is 34.9. The number of aliphatic hydroxyl groups is 1. The molecular formula is C11H19NO3S. The third-order valence-corrected chi connectivity index (χ3v) is 4.52. The number of carbonyl (C=O) groups is 1. The maximum Gasteiger partial charge on any atom is 0.233 e. The SMILES string of the molecule is O=C(NCC1(O)CCOC1)C1CCCCS1. The van der Waals surface area contributed by atoms with Crippen LogP contribution in [-0.4, -0.2) is 47.4 Å². The average Bonchev–Trinajstić information content (AvgIpc) is 2.75. The van der Waals surface area contributed by atoms with Crippen molar-refractivity contribution < 1.29 is 14.6 Å². The van der Waals surface area contributed by atoms with E-state index in [1.165, 1.54) is 6.42 Å². The molecule has 0 aromatic carbocycles. The van der Waals surface area contributed by atoms with E-state index in [1.54, 1.807) is 11.8 Å². The van der Waals surface area contributed by atoms with Crippen molar-refractivity contribution in [2.45, 2.75) is 36.5 Å². The number of thioether (sulfide) groups is 1. The minimum atomic E-state index is -0.838. The molecule has 0 aliphatic carbocycles. The molecule has 0 aromatic heterocycles. The second-order valence-electron chi connectivity index (χ2n) is 4.60. The molecule has 92 valence electrons. The maximum atomic E-state index is 11.8. The van der Waals surface area contributed by atoms with Crippen LogP contribution >= 0.6 is 11.8 Å². The second-order valence-corrected chi connectivity index (χ2v) is 5.91. The standard InChI is InChI=1S/C11H19NO3S/c13-10(9-3-1-2-6-16-9)12-7-11(14)4-5-15-8-11/h9,14H,1-8H2,(H,12,13). The minimum absolute atomic E-state index is 0.0741. The minimum Gasteiger partial charge on any atom is -0.386 e. The van der Waals surface area contributed by atoms with Crippen LogP contribution in [0.15, 0.2) is 0 Å². The smallest absolute Gasteiger partial charge is 0.233 e. The van der Waals surface area contributed by atoms with Crippen molar-refractivity contribution in [2.24, 2.45) is 0 Å². The topological polar surface area (TPSA) is 58.6 Å². The molecule has 2 heterocycles. The van der Waals surface area contributed by atoms with Crippen molar-refractivity contribution in [3.8, 4) is 0 Å². The van der Waals surface area contributed by atoms with Crippen LogP contribution in [0.25, 0.3) is 0 Å². The van der Waals surface area contributed by atoms with Gasteiger partial charge in [-0.15, -0.1) is 11.8 Å². The lowest BCUT2D eigenvalue weighted by molar-refractivity contribution is -0.122. The Bertz CT molecular complexity index is 248. The van der Waals surface area contributed by atoms with Crippen LogP contribution < -0.4 is 5.32 Å². The molecule has 0 radical (unpaired) electrons. The number of hydrogen-bond acceptors (Lipinski definition) is 4. The lowest BCUT2D eigenvalue weighted by Gasteiger charge is -2.24. The summed E-state index contributed by atoms with van der Waals surface area (Å²) in [6, 6.07) is 0. The summed E-state index contributed by atoms with van der Waals surface area (Å²) in [6.45, 7) is 1.25. The van der Waals surface area contributed by atoms with Gasteiger partial charge in [-0.25, -0.2) is 0 Å². The Morgan fingerprint density at radius 1 is 1.56 bits per heavy atom. The van der Waals surface area contributed by atoms with Crippen LogP contribution in [-0.2, 0) is 9.53 Å². The number of ether oxygens (including phenoxy) is 1. The Hall–Kier alpha value is -0.260. The molecule has 2 aliphatic heterocycles. The highest BCUT2D eigenvalue weighted by Crippen LogP contribution is 2.25. The van der Waals surface area contributed by atoms with Crippen molar-refractivity contribution >= 4 is 17.7 Å². The monoisotopic (exact) mass is 245 g/mol. The summed E-state index contributed by atoms with van der Waals surface area (Å²) in [5.41, 5.74) is -0.838. The highest BCUT2D eigenvalue weighted by molar-refractivity contribution is 8.00. The zero-order valence-corrected chi connectivity index (χ0v) is 10.2. The lowest BCUT2D eigenvalue weighted by Crippen LogP contribution is -2.46. The Morgan fingerprint density at radius 2 is 2.44 bits per heavy atom. The molecule has 1 amide bonds. The van der Waals surface area contributed by atoms with Crippen molar-refractivity contribution in [3.05, 3.63) is 0 Å². The molecule has 2 unspecified atom stereocenters. The van der Waals surface area contributed by atoms with Gasteiger partial charge >= 0.3 is 0 Å². The Labute approximate surface area is 100 Å². The number of hydrogen-bond donors (Lipinski definition) is 2. The van der Waals surface area contributed by atoms with E-state index in [0.717, 1.165) is 18.6 Å². The quantitative estimate of drug-likeness (QED) is 0.762. The molecule has 2 aliphatic rings. The van der Waals surface area contributed by atoms with Crippen LogP contribution in [0.1, 0.15) is 25.7 Å². The van der Waals surface area contributed by atoms with Gasteiger partial charge < -0.3 is 15.2 Å². The van der Waals surface area contributed by atoms with E-state index < -0.39 is 5.60 Å². The fourth-order valence-corrected chi connectivity index (χ4v) is 3.27. The first-order valence-corrected chi connectivity index (χ1v) is 6.94. The van der Waals surface area contributed by atoms with Gasteiger partial charge in [0.05, 0.1) is 11.9 Å². The van der Waals surface area contributed by atoms with Gasteiger partial charge in [0, 0.05) is 19.6 Å². The van der Waals surface area contributed by atoms with Crippen molar-refractivity contribution in [2.75, 3.05) is 25.5 Å². The number of rotatable bonds is 3. The van der Waals surface area contributed by atoms with E-state index >= 15 is 0 Å². The Kier molecular flexibility index (Phi) is 4.10. The fourth-order valence-electron chi connectivity index (χ4n) is 2.05. The van der Waals surface area contributed by atoms with Crippen molar-refractivity contribution in [3.63, 3.8) is 0 Å². The predicted octanol–water partition coefficient (Wildman–Crippen LogP) is 0.540. The van der Waals surface area contributed by atoms with Gasteiger partial charge in [0.25, 0.3) is 0 Å². The highest BCUT2D eigenvalue weighted by Gasteiger charge is 2.33. The van der Waals surface area contributed by atoms with Crippen LogP contribution in [0.5, 0.6) is 0 Å². The molecule has 0 spiro atoms. The first-order valence-electron chi connectivity index (χ1n) is 5.89. The predicted molar refractivity (Wildman–Crippen MR) is 63.5 cm³/mol. The number of amides is 1. The Morgan fingerprint density at radius 3 is 3.06 bits per heavy atom. The summed E-state index contributed by atoms with van der Waals surface area (Å²) in [6.07, 6.45) is 3.93. The molecule has 2 saturated heterocycles. The van der Waals surface area contributed by atoms with Crippen molar-refractivity contribution in [1.82, 2.24) is 5.32 Å². The molecule has 0 aromatic rings. The van der Waals surface area contributed by atoms with Gasteiger partial charge in [-0.05, 0) is 18.6 Å². The van der Waals surface area contributed by atoms with Crippen LogP contribution in [0, 0.1) is 0 Å². The van der Waals surface area contributed by atoms with Crippen LogP contribution in [0.3, 0.4) is 0 Å². The summed E-state index contributed by atoms with van der Waals surface area (Å²) in [4.78, 5) is 11.8. The van der Waals surface area contributed by atoms with Gasteiger partial charge in [-0.2, -0.15) is 0 Å². The average molecular weight is 245 g/mol.